The number of aliphatic carboxylic acids is 2. The van der Waals surface area contributed by atoms with E-state index in [2.05, 4.69) is 6.58 Å². The molecule has 2 aliphatic heterocycles. The predicted octanol–water partition coefficient (Wildman–Crippen LogP) is 0.975. The molecule has 11 heteroatoms. The number of aliphatic hydroxyl groups is 1. The first-order chi connectivity index (χ1) is 20.5. The minimum Gasteiger partial charge on any atom is -0.681 e. The van der Waals surface area contributed by atoms with Crippen molar-refractivity contribution in [2.45, 2.75) is 46.6 Å². The van der Waals surface area contributed by atoms with E-state index in [4.69, 9.17) is 20.3 Å². The molecule has 3 aromatic rings. The first-order valence-corrected chi connectivity index (χ1v) is 14.1. The van der Waals surface area contributed by atoms with Crippen LogP contribution in [0.4, 0.5) is 0 Å². The van der Waals surface area contributed by atoms with Gasteiger partial charge >= 0.3 is 35.0 Å². The number of Topliss-reactive ketones (excluding diaryl/α,β-unsaturated/α-hetero) is 1. The summed E-state index contributed by atoms with van der Waals surface area (Å²) in [5.74, 6) is -4.91. The fourth-order valence-corrected chi connectivity index (χ4v) is 6.76. The molecule has 6 rings (SSSR count). The van der Waals surface area contributed by atoms with Gasteiger partial charge in [-0.25, -0.2) is 0 Å². The number of carboxylic acid groups (broad SMARTS) is 2. The van der Waals surface area contributed by atoms with Crippen LogP contribution >= 0.6 is 0 Å². The molecule has 8 bridgehead atoms. The average molecular weight is 603 g/mol. The molecular formula is C33H30MgN4O6-2. The van der Waals surface area contributed by atoms with Gasteiger partial charge < -0.3 is 35.6 Å². The fraction of sp³-hybridized carbons (Fsp3) is 0.303. The summed E-state index contributed by atoms with van der Waals surface area (Å²) in [5, 5.41) is 36.7. The van der Waals surface area contributed by atoms with E-state index in [1.807, 2.05) is 26.8 Å². The fourth-order valence-electron chi connectivity index (χ4n) is 6.76. The number of fused-ring (bicyclic) bond motifs is 8. The molecule has 10 nitrogen and oxygen atoms in total. The second kappa shape index (κ2) is 11.4. The molecule has 1 aliphatic carbocycles. The van der Waals surface area contributed by atoms with Crippen molar-refractivity contribution in [1.29, 1.82) is 0 Å². The Bertz CT molecular complexity index is 2040. The van der Waals surface area contributed by atoms with E-state index in [1.165, 1.54) is 0 Å². The number of ketones is 1. The molecular weight excluding hydrogens is 573 g/mol. The van der Waals surface area contributed by atoms with Gasteiger partial charge in [0.15, 0.2) is 5.78 Å². The van der Waals surface area contributed by atoms with Crippen LogP contribution in [0, 0.1) is 38.5 Å². The molecule has 3 aliphatic rings. The number of nitrogens with zero attached hydrogens (tertiary/aromatic N) is 4. The van der Waals surface area contributed by atoms with Gasteiger partial charge in [0.1, 0.15) is 5.92 Å². The topological polar surface area (TPSA) is 168 Å². The van der Waals surface area contributed by atoms with Crippen LogP contribution in [0.25, 0.3) is 41.5 Å². The van der Waals surface area contributed by atoms with Gasteiger partial charge in [-0.05, 0) is 49.8 Å². The summed E-state index contributed by atoms with van der Waals surface area (Å²) in [6, 6.07) is -0.761. The molecule has 1 unspecified atom stereocenters. The second-order valence-electron chi connectivity index (χ2n) is 11.4. The SMILES string of the molecule is C=Cc1c2[n-]c(c1C)/C=C1\[N-]C(C3=c4[n-]/c(c(C)c4C(=O)[C@@H]3C(=O)O)=C\c3[n-]c(/c(=C\O)c3C)=C\2)[C@@H](CCC(=O)O)[C@@H]1C.[Mg+2]. The molecule has 44 heavy (non-hydrogen) atoms. The van der Waals surface area contributed by atoms with Crippen molar-refractivity contribution < 1.29 is 29.7 Å². The number of carboxylic acids is 2. The zero-order valence-corrected chi connectivity index (χ0v) is 26.3. The molecule has 0 spiro atoms. The standard InChI is InChI=1S/C33H30N4O6.Mg/c1-6-17-13(2)20-9-22-14(3)18(7-8-26(39)40)30(36-22)28-29(33(42)43)32(41)27-16(5)23(37-31(27)28)10-21-15(4)19(12-38)25(35-21)11-24(17)34-20;/h6,9-12,14,18,29-30H,1,7-8H2,2-5H3,(H,38,41)(H,39,40)(H,42,43);/q-4;+2/b22-9-,25-11-;/t14-,18-,29+,30?;/m0./s1. The van der Waals surface area contributed by atoms with Crippen molar-refractivity contribution in [2.24, 2.45) is 17.8 Å². The summed E-state index contributed by atoms with van der Waals surface area (Å²) in [6.45, 7) is 11.4. The van der Waals surface area contributed by atoms with Crippen molar-refractivity contribution in [1.82, 2.24) is 15.0 Å². The number of allylic oxidation sites excluding steroid dienone is 1. The molecule has 1 saturated heterocycles. The number of aliphatic hydroxyl groups excluding tert-OH is 1. The van der Waals surface area contributed by atoms with E-state index in [-0.39, 0.29) is 53.3 Å². The molecule has 1 fully saturated rings. The number of hydrogen-bond donors (Lipinski definition) is 3. The summed E-state index contributed by atoms with van der Waals surface area (Å²) < 4.78 is 0. The van der Waals surface area contributed by atoms with Gasteiger partial charge in [0, 0.05) is 12.0 Å². The summed E-state index contributed by atoms with van der Waals surface area (Å²) in [7, 11) is 0. The van der Waals surface area contributed by atoms with Crippen LogP contribution in [0.2, 0.25) is 0 Å². The smallest absolute Gasteiger partial charge is 0.681 e. The number of aromatic nitrogens is 3. The van der Waals surface area contributed by atoms with Crippen LogP contribution in [-0.2, 0) is 9.59 Å². The number of hydrogen-bond acceptors (Lipinski definition) is 4. The van der Waals surface area contributed by atoms with E-state index in [1.54, 1.807) is 25.2 Å². The number of carbonyl (C=O) groups is 3. The largest absolute Gasteiger partial charge is 2.00 e. The van der Waals surface area contributed by atoms with Crippen molar-refractivity contribution >= 4 is 76.9 Å². The molecule has 0 saturated carbocycles. The van der Waals surface area contributed by atoms with Crippen LogP contribution in [0.1, 0.15) is 69.5 Å². The normalized spacial score (nSPS) is 24.8. The average Bonchev–Trinajstić information content (AvgIpc) is 3.68. The Kier molecular flexibility index (Phi) is 8.06. The van der Waals surface area contributed by atoms with Crippen molar-refractivity contribution in [3.63, 3.8) is 0 Å². The van der Waals surface area contributed by atoms with E-state index in [0.29, 0.717) is 60.7 Å². The first kappa shape index (κ1) is 31.2. The first-order valence-electron chi connectivity index (χ1n) is 14.1. The van der Waals surface area contributed by atoms with E-state index >= 15 is 0 Å². The summed E-state index contributed by atoms with van der Waals surface area (Å²) in [6.07, 6.45) is 8.18. The van der Waals surface area contributed by atoms with Gasteiger partial charge in [-0.2, -0.15) is 5.70 Å². The minimum atomic E-state index is -1.47. The van der Waals surface area contributed by atoms with Crippen LogP contribution in [0.3, 0.4) is 0 Å². The minimum absolute atomic E-state index is 0. The van der Waals surface area contributed by atoms with Crippen LogP contribution < -0.4 is 36.2 Å². The summed E-state index contributed by atoms with van der Waals surface area (Å²) in [5.41, 5.74) is 5.82. The Morgan fingerprint density at radius 3 is 2.27 bits per heavy atom. The molecule has 3 aromatic heterocycles. The van der Waals surface area contributed by atoms with E-state index in [9.17, 15) is 29.7 Å². The van der Waals surface area contributed by atoms with Gasteiger partial charge in [0.25, 0.3) is 0 Å². The third-order valence-electron chi connectivity index (χ3n) is 9.16. The van der Waals surface area contributed by atoms with Gasteiger partial charge in [-0.3, -0.25) is 14.4 Å². The Hall–Kier alpha value is -4.22. The van der Waals surface area contributed by atoms with Crippen LogP contribution in [-0.4, -0.2) is 62.1 Å². The van der Waals surface area contributed by atoms with Gasteiger partial charge in [-0.15, -0.1) is 33.1 Å². The molecule has 222 valence electrons. The summed E-state index contributed by atoms with van der Waals surface area (Å²) >= 11 is 0. The molecule has 0 amide bonds. The third kappa shape index (κ3) is 4.65. The van der Waals surface area contributed by atoms with Crippen LogP contribution in [0.15, 0.2) is 12.3 Å². The molecule has 3 N–H and O–H groups in total. The van der Waals surface area contributed by atoms with Crippen molar-refractivity contribution in [3.05, 3.63) is 83.8 Å². The molecule has 4 atom stereocenters. The summed E-state index contributed by atoms with van der Waals surface area (Å²) in [4.78, 5) is 52.3. The molecule has 5 heterocycles. The molecule has 0 aromatic carbocycles. The van der Waals surface area contributed by atoms with E-state index < -0.39 is 29.7 Å². The maximum Gasteiger partial charge on any atom is 2.00 e. The zero-order chi connectivity index (χ0) is 30.9. The quantitative estimate of drug-likeness (QED) is 0.285. The van der Waals surface area contributed by atoms with Gasteiger partial charge in [0.05, 0.1) is 6.26 Å². The maximum atomic E-state index is 13.7. The molecule has 0 radical (unpaired) electrons. The Morgan fingerprint density at radius 2 is 1.64 bits per heavy atom. The predicted molar refractivity (Wildman–Crippen MR) is 166 cm³/mol. The Labute approximate surface area is 268 Å². The van der Waals surface area contributed by atoms with Gasteiger partial charge in [0.2, 0.25) is 0 Å². The van der Waals surface area contributed by atoms with Crippen LogP contribution in [0.5, 0.6) is 0 Å². The second-order valence-corrected chi connectivity index (χ2v) is 11.4. The van der Waals surface area contributed by atoms with Gasteiger partial charge in [-0.1, -0.05) is 66.1 Å². The Morgan fingerprint density at radius 1 is 0.955 bits per heavy atom. The Balaban J connectivity index is 0.00000384. The maximum absolute atomic E-state index is 13.7. The number of rotatable bonds is 5. The third-order valence-corrected chi connectivity index (χ3v) is 9.16. The monoisotopic (exact) mass is 602 g/mol. The van der Waals surface area contributed by atoms with Crippen molar-refractivity contribution in [2.75, 3.05) is 0 Å². The zero-order valence-electron chi connectivity index (χ0n) is 24.9. The van der Waals surface area contributed by atoms with E-state index in [0.717, 1.165) is 17.4 Å². The number of carbonyl (C=O) groups excluding carboxylic acids is 1. The van der Waals surface area contributed by atoms with Crippen molar-refractivity contribution in [3.8, 4) is 0 Å².